The number of benzene rings is 1. The lowest BCUT2D eigenvalue weighted by Gasteiger charge is -2.06. The summed E-state index contributed by atoms with van der Waals surface area (Å²) < 4.78 is 5.66. The molecule has 17 heavy (non-hydrogen) atoms. The first-order chi connectivity index (χ1) is 8.38. The van der Waals surface area contributed by atoms with Gasteiger partial charge in [0, 0.05) is 16.8 Å². The minimum absolute atomic E-state index is 0.734. The van der Waals surface area contributed by atoms with Gasteiger partial charge in [-0.3, -0.25) is 0 Å². The van der Waals surface area contributed by atoms with Crippen molar-refractivity contribution in [3.8, 4) is 5.75 Å². The molecule has 4 heteroatoms. The fourth-order valence-corrected chi connectivity index (χ4v) is 1.95. The van der Waals surface area contributed by atoms with Gasteiger partial charge in [-0.2, -0.15) is 0 Å². The van der Waals surface area contributed by atoms with Crippen molar-refractivity contribution < 1.29 is 4.74 Å². The van der Waals surface area contributed by atoms with Crippen molar-refractivity contribution in [1.82, 2.24) is 9.97 Å². The van der Waals surface area contributed by atoms with Crippen molar-refractivity contribution in [3.63, 3.8) is 0 Å². The minimum atomic E-state index is 0.734. The van der Waals surface area contributed by atoms with Crippen LogP contribution < -0.4 is 4.74 Å². The highest BCUT2D eigenvalue weighted by Crippen LogP contribution is 2.19. The van der Waals surface area contributed by atoms with Gasteiger partial charge in [0.05, 0.1) is 12.9 Å². The zero-order chi connectivity index (χ0) is 11.9. The Bertz CT molecular complexity index is 425. The first kappa shape index (κ1) is 12.0. The van der Waals surface area contributed by atoms with E-state index in [1.165, 1.54) is 4.90 Å². The molecular weight excluding hydrogens is 232 g/mol. The van der Waals surface area contributed by atoms with Gasteiger partial charge in [-0.1, -0.05) is 0 Å². The third-order valence-corrected chi connectivity index (χ3v) is 3.22. The SMILES string of the molecule is CSc1ccc(OCCCc2cnc[nH]2)cc1. The highest BCUT2D eigenvalue weighted by Gasteiger charge is 1.96. The molecule has 1 heterocycles. The molecule has 0 amide bonds. The fourth-order valence-electron chi connectivity index (χ4n) is 1.55. The van der Waals surface area contributed by atoms with Crippen molar-refractivity contribution in [2.75, 3.05) is 12.9 Å². The van der Waals surface area contributed by atoms with E-state index in [2.05, 4.69) is 28.4 Å². The lowest BCUT2D eigenvalue weighted by Crippen LogP contribution is -1.99. The molecular formula is C13H16N2OS. The number of thioether (sulfide) groups is 1. The number of hydrogen-bond acceptors (Lipinski definition) is 3. The van der Waals surface area contributed by atoms with Crippen LogP contribution in [0.15, 0.2) is 41.7 Å². The predicted molar refractivity (Wildman–Crippen MR) is 70.6 cm³/mol. The quantitative estimate of drug-likeness (QED) is 0.630. The predicted octanol–water partition coefficient (Wildman–Crippen LogP) is 3.14. The highest BCUT2D eigenvalue weighted by molar-refractivity contribution is 7.98. The molecule has 0 aliphatic heterocycles. The second kappa shape index (κ2) is 6.35. The van der Waals surface area contributed by atoms with Crippen LogP contribution in [0.1, 0.15) is 12.1 Å². The van der Waals surface area contributed by atoms with Gasteiger partial charge in [-0.25, -0.2) is 4.98 Å². The number of aromatic nitrogens is 2. The summed E-state index contributed by atoms with van der Waals surface area (Å²) in [5.41, 5.74) is 1.16. The molecule has 0 saturated carbocycles. The number of ether oxygens (including phenoxy) is 1. The molecule has 0 radical (unpaired) electrons. The molecule has 90 valence electrons. The molecule has 0 spiro atoms. The van der Waals surface area contributed by atoms with E-state index >= 15 is 0 Å². The second-order valence-electron chi connectivity index (χ2n) is 3.70. The topological polar surface area (TPSA) is 37.9 Å². The molecule has 0 unspecified atom stereocenters. The van der Waals surface area contributed by atoms with E-state index in [1.54, 1.807) is 18.1 Å². The number of imidazole rings is 1. The average Bonchev–Trinajstić information content (AvgIpc) is 2.88. The van der Waals surface area contributed by atoms with E-state index < -0.39 is 0 Å². The third kappa shape index (κ3) is 3.82. The summed E-state index contributed by atoms with van der Waals surface area (Å²) in [6, 6.07) is 8.19. The van der Waals surface area contributed by atoms with Crippen LogP contribution in [0.4, 0.5) is 0 Å². The lowest BCUT2D eigenvalue weighted by molar-refractivity contribution is 0.310. The molecule has 0 fully saturated rings. The highest BCUT2D eigenvalue weighted by atomic mass is 32.2. The molecule has 1 N–H and O–H groups in total. The molecule has 1 aromatic heterocycles. The summed E-state index contributed by atoms with van der Waals surface area (Å²) in [6.45, 7) is 0.734. The summed E-state index contributed by atoms with van der Waals surface area (Å²) >= 11 is 1.74. The van der Waals surface area contributed by atoms with E-state index in [0.29, 0.717) is 0 Å². The molecule has 0 aliphatic carbocycles. The summed E-state index contributed by atoms with van der Waals surface area (Å²) in [5.74, 6) is 0.937. The monoisotopic (exact) mass is 248 g/mol. The number of rotatable bonds is 6. The Hall–Kier alpha value is -1.42. The Kier molecular flexibility index (Phi) is 4.50. The zero-order valence-corrected chi connectivity index (χ0v) is 10.7. The number of aromatic amines is 1. The number of hydrogen-bond donors (Lipinski definition) is 1. The van der Waals surface area contributed by atoms with E-state index in [-0.39, 0.29) is 0 Å². The van der Waals surface area contributed by atoms with Crippen molar-refractivity contribution in [2.24, 2.45) is 0 Å². The van der Waals surface area contributed by atoms with Crippen LogP contribution in [0.3, 0.4) is 0 Å². The number of nitrogens with zero attached hydrogens (tertiary/aromatic N) is 1. The third-order valence-electron chi connectivity index (χ3n) is 2.47. The Morgan fingerprint density at radius 2 is 2.12 bits per heavy atom. The molecule has 0 saturated heterocycles. The van der Waals surface area contributed by atoms with Crippen molar-refractivity contribution in [1.29, 1.82) is 0 Å². The molecule has 2 rings (SSSR count). The molecule has 2 aromatic rings. The molecule has 0 bridgehead atoms. The van der Waals surface area contributed by atoms with Crippen LogP contribution in [0.5, 0.6) is 5.75 Å². The minimum Gasteiger partial charge on any atom is -0.494 e. The van der Waals surface area contributed by atoms with Crippen molar-refractivity contribution >= 4 is 11.8 Å². The first-order valence-electron chi connectivity index (χ1n) is 5.62. The number of nitrogens with one attached hydrogen (secondary N) is 1. The standard InChI is InChI=1S/C13H16N2OS/c1-17-13-6-4-12(5-7-13)16-8-2-3-11-9-14-10-15-11/h4-7,9-10H,2-3,8H2,1H3,(H,14,15). The molecule has 0 aliphatic rings. The van der Waals surface area contributed by atoms with Crippen LogP contribution in [0.2, 0.25) is 0 Å². The normalized spacial score (nSPS) is 10.4. The second-order valence-corrected chi connectivity index (χ2v) is 4.58. The van der Waals surface area contributed by atoms with Gasteiger partial charge in [0.25, 0.3) is 0 Å². The summed E-state index contributed by atoms with van der Waals surface area (Å²) in [5, 5.41) is 0. The van der Waals surface area contributed by atoms with Crippen molar-refractivity contribution in [3.05, 3.63) is 42.5 Å². The average molecular weight is 248 g/mol. The first-order valence-corrected chi connectivity index (χ1v) is 6.85. The van der Waals surface area contributed by atoms with Crippen molar-refractivity contribution in [2.45, 2.75) is 17.7 Å². The van der Waals surface area contributed by atoms with Crippen LogP contribution in [-0.4, -0.2) is 22.8 Å². The maximum absolute atomic E-state index is 5.66. The summed E-state index contributed by atoms with van der Waals surface area (Å²) in [6.07, 6.45) is 7.60. The number of aryl methyl sites for hydroxylation is 1. The van der Waals surface area contributed by atoms with Gasteiger partial charge in [-0.05, 0) is 43.4 Å². The Labute approximate surface area is 106 Å². The van der Waals surface area contributed by atoms with Gasteiger partial charge in [0.15, 0.2) is 0 Å². The van der Waals surface area contributed by atoms with Crippen LogP contribution in [0.25, 0.3) is 0 Å². The molecule has 3 nitrogen and oxygen atoms in total. The van der Waals surface area contributed by atoms with Gasteiger partial charge in [0.2, 0.25) is 0 Å². The largest absolute Gasteiger partial charge is 0.494 e. The Morgan fingerprint density at radius 1 is 1.29 bits per heavy atom. The molecule has 0 atom stereocenters. The smallest absolute Gasteiger partial charge is 0.119 e. The zero-order valence-electron chi connectivity index (χ0n) is 9.85. The van der Waals surface area contributed by atoms with E-state index in [0.717, 1.165) is 30.9 Å². The van der Waals surface area contributed by atoms with E-state index in [1.807, 2.05) is 18.3 Å². The lowest BCUT2D eigenvalue weighted by atomic mass is 10.2. The summed E-state index contributed by atoms with van der Waals surface area (Å²) in [4.78, 5) is 8.32. The van der Waals surface area contributed by atoms with Crippen LogP contribution in [0, 0.1) is 0 Å². The van der Waals surface area contributed by atoms with Crippen LogP contribution in [-0.2, 0) is 6.42 Å². The maximum atomic E-state index is 5.66. The van der Waals surface area contributed by atoms with Gasteiger partial charge in [-0.15, -0.1) is 11.8 Å². The van der Waals surface area contributed by atoms with E-state index in [9.17, 15) is 0 Å². The number of H-pyrrole nitrogens is 1. The summed E-state index contributed by atoms with van der Waals surface area (Å²) in [7, 11) is 0. The maximum Gasteiger partial charge on any atom is 0.119 e. The Morgan fingerprint density at radius 3 is 2.76 bits per heavy atom. The Balaban J connectivity index is 1.70. The molecule has 1 aromatic carbocycles. The van der Waals surface area contributed by atoms with E-state index in [4.69, 9.17) is 4.74 Å². The van der Waals surface area contributed by atoms with Gasteiger partial charge >= 0.3 is 0 Å². The van der Waals surface area contributed by atoms with Crippen LogP contribution >= 0.6 is 11.8 Å². The van der Waals surface area contributed by atoms with Gasteiger partial charge < -0.3 is 9.72 Å². The fraction of sp³-hybridized carbons (Fsp3) is 0.308. The van der Waals surface area contributed by atoms with Gasteiger partial charge in [0.1, 0.15) is 5.75 Å².